The van der Waals surface area contributed by atoms with Gasteiger partial charge in [0.2, 0.25) is 0 Å². The molecule has 0 bridgehead atoms. The molecule has 2 rings (SSSR count). The first-order valence-corrected chi connectivity index (χ1v) is 6.67. The molecule has 0 aliphatic rings. The molecule has 0 aliphatic carbocycles. The van der Waals surface area contributed by atoms with Crippen LogP contribution in [0.1, 0.15) is 0 Å². The summed E-state index contributed by atoms with van der Waals surface area (Å²) in [5.41, 5.74) is 1.76. The van der Waals surface area contributed by atoms with E-state index in [0.717, 1.165) is 16.9 Å². The van der Waals surface area contributed by atoms with Crippen molar-refractivity contribution in [2.45, 2.75) is 4.90 Å². The first-order valence-electron chi connectivity index (χ1n) is 5.23. The second kappa shape index (κ2) is 4.80. The molecule has 0 aromatic heterocycles. The van der Waals surface area contributed by atoms with Gasteiger partial charge in [-0.25, -0.2) is 0 Å². The maximum absolute atomic E-state index is 10.9. The third kappa shape index (κ3) is 2.69. The topological polar surface area (TPSA) is 63.6 Å². The van der Waals surface area contributed by atoms with Gasteiger partial charge >= 0.3 is 0 Å². The van der Waals surface area contributed by atoms with E-state index < -0.39 is 10.1 Å². The second-order valence-corrected chi connectivity index (χ2v) is 5.15. The normalized spacial score (nSPS) is 11.2. The predicted octanol–water partition coefficient (Wildman–Crippen LogP) is 2.61. The molecule has 1 N–H and O–H groups in total. The van der Waals surface area contributed by atoms with Crippen LogP contribution >= 0.6 is 0 Å². The predicted molar refractivity (Wildman–Crippen MR) is 68.2 cm³/mol. The smallest absolute Gasteiger partial charge is 0.294 e. The molecule has 0 saturated heterocycles. The Balaban J connectivity index is 2.40. The Morgan fingerprint density at radius 1 is 1.00 bits per heavy atom. The molecule has 5 heteroatoms. The molecule has 94 valence electrons. The Kier molecular flexibility index (Phi) is 3.36. The average molecular weight is 264 g/mol. The second-order valence-electron chi connectivity index (χ2n) is 3.73. The Morgan fingerprint density at radius 3 is 2.22 bits per heavy atom. The largest absolute Gasteiger partial charge is 0.497 e. The lowest BCUT2D eigenvalue weighted by Gasteiger charge is -2.05. The summed E-state index contributed by atoms with van der Waals surface area (Å²) >= 11 is 0. The van der Waals surface area contributed by atoms with Crippen molar-refractivity contribution in [2.75, 3.05) is 7.11 Å². The summed E-state index contributed by atoms with van der Waals surface area (Å²) in [6.45, 7) is 0. The highest BCUT2D eigenvalue weighted by atomic mass is 32.2. The van der Waals surface area contributed by atoms with Crippen molar-refractivity contribution >= 4 is 10.1 Å². The van der Waals surface area contributed by atoms with Crippen LogP contribution in [0.4, 0.5) is 0 Å². The van der Waals surface area contributed by atoms with Crippen LogP contribution in [0.15, 0.2) is 53.4 Å². The van der Waals surface area contributed by atoms with Crippen LogP contribution in [0.5, 0.6) is 5.75 Å². The van der Waals surface area contributed by atoms with Gasteiger partial charge in [0.05, 0.1) is 12.0 Å². The Morgan fingerprint density at radius 2 is 1.67 bits per heavy atom. The SMILES string of the molecule is COc1cccc(-c2ccc(S(=O)(=O)O)cc2)c1. The zero-order valence-corrected chi connectivity index (χ0v) is 10.5. The van der Waals surface area contributed by atoms with Gasteiger partial charge in [0.15, 0.2) is 0 Å². The van der Waals surface area contributed by atoms with Crippen molar-refractivity contribution in [3.63, 3.8) is 0 Å². The van der Waals surface area contributed by atoms with Crippen molar-refractivity contribution in [1.29, 1.82) is 0 Å². The molecule has 0 atom stereocenters. The maximum Gasteiger partial charge on any atom is 0.294 e. The molecule has 2 aromatic carbocycles. The highest BCUT2D eigenvalue weighted by Crippen LogP contribution is 2.24. The number of hydrogen-bond donors (Lipinski definition) is 1. The van der Waals surface area contributed by atoms with Gasteiger partial charge < -0.3 is 4.74 Å². The van der Waals surface area contributed by atoms with E-state index in [2.05, 4.69) is 0 Å². The van der Waals surface area contributed by atoms with Gasteiger partial charge in [-0.15, -0.1) is 0 Å². The lowest BCUT2D eigenvalue weighted by Crippen LogP contribution is -1.97. The highest BCUT2D eigenvalue weighted by Gasteiger charge is 2.09. The van der Waals surface area contributed by atoms with E-state index in [1.54, 1.807) is 19.2 Å². The molecule has 0 aliphatic heterocycles. The van der Waals surface area contributed by atoms with E-state index in [4.69, 9.17) is 9.29 Å². The molecule has 4 nitrogen and oxygen atoms in total. The number of hydrogen-bond acceptors (Lipinski definition) is 3. The number of rotatable bonds is 3. The molecular formula is C13H12O4S. The van der Waals surface area contributed by atoms with Crippen molar-refractivity contribution in [2.24, 2.45) is 0 Å². The fourth-order valence-corrected chi connectivity index (χ4v) is 2.10. The maximum atomic E-state index is 10.9. The Hall–Kier alpha value is -1.85. The summed E-state index contributed by atoms with van der Waals surface area (Å²) in [6.07, 6.45) is 0. The third-order valence-electron chi connectivity index (χ3n) is 2.56. The van der Waals surface area contributed by atoms with Crippen LogP contribution in [-0.4, -0.2) is 20.1 Å². The van der Waals surface area contributed by atoms with Crippen LogP contribution in [0.25, 0.3) is 11.1 Å². The molecule has 2 aromatic rings. The van der Waals surface area contributed by atoms with Gasteiger partial charge in [0, 0.05) is 0 Å². The van der Waals surface area contributed by atoms with Gasteiger partial charge in [-0.3, -0.25) is 4.55 Å². The van der Waals surface area contributed by atoms with Crippen LogP contribution in [0.3, 0.4) is 0 Å². The fourth-order valence-electron chi connectivity index (χ4n) is 1.62. The number of methoxy groups -OCH3 is 1. The summed E-state index contributed by atoms with van der Waals surface area (Å²) in [6, 6.07) is 13.4. The molecule has 0 heterocycles. The van der Waals surface area contributed by atoms with Gasteiger partial charge in [-0.2, -0.15) is 8.42 Å². The first-order chi connectivity index (χ1) is 8.50. The van der Waals surface area contributed by atoms with E-state index in [-0.39, 0.29) is 4.90 Å². The van der Waals surface area contributed by atoms with Crippen molar-refractivity contribution < 1.29 is 17.7 Å². The molecule has 0 saturated carbocycles. The van der Waals surface area contributed by atoms with E-state index in [9.17, 15) is 8.42 Å². The minimum atomic E-state index is -4.14. The van der Waals surface area contributed by atoms with Gasteiger partial charge in [0.1, 0.15) is 5.75 Å². The average Bonchev–Trinajstić information content (AvgIpc) is 2.38. The van der Waals surface area contributed by atoms with Crippen molar-refractivity contribution in [1.82, 2.24) is 0 Å². The summed E-state index contributed by atoms with van der Waals surface area (Å²) in [4.78, 5) is -0.117. The van der Waals surface area contributed by atoms with E-state index in [0.29, 0.717) is 0 Å². The van der Waals surface area contributed by atoms with Crippen LogP contribution < -0.4 is 4.74 Å². The minimum absolute atomic E-state index is 0.117. The summed E-state index contributed by atoms with van der Waals surface area (Å²) in [7, 11) is -2.56. The van der Waals surface area contributed by atoms with Gasteiger partial charge in [0.25, 0.3) is 10.1 Å². The molecule has 0 unspecified atom stereocenters. The number of benzene rings is 2. The molecule has 0 radical (unpaired) electrons. The van der Waals surface area contributed by atoms with Crippen LogP contribution in [0, 0.1) is 0 Å². The van der Waals surface area contributed by atoms with Crippen LogP contribution in [-0.2, 0) is 10.1 Å². The van der Waals surface area contributed by atoms with Gasteiger partial charge in [-0.1, -0.05) is 24.3 Å². The summed E-state index contributed by atoms with van der Waals surface area (Å²) in [5.74, 6) is 0.728. The summed E-state index contributed by atoms with van der Waals surface area (Å²) in [5, 5.41) is 0. The molecule has 0 amide bonds. The van der Waals surface area contributed by atoms with Crippen molar-refractivity contribution in [3.8, 4) is 16.9 Å². The van der Waals surface area contributed by atoms with Crippen LogP contribution in [0.2, 0.25) is 0 Å². The quantitative estimate of drug-likeness (QED) is 0.865. The van der Waals surface area contributed by atoms with E-state index in [1.165, 1.54) is 12.1 Å². The fraction of sp³-hybridized carbons (Fsp3) is 0.0769. The third-order valence-corrected chi connectivity index (χ3v) is 3.42. The molecule has 0 fully saturated rings. The highest BCUT2D eigenvalue weighted by molar-refractivity contribution is 7.85. The van der Waals surface area contributed by atoms with E-state index in [1.807, 2.05) is 24.3 Å². The standard InChI is InChI=1S/C13H12O4S/c1-17-12-4-2-3-11(9-12)10-5-7-13(8-6-10)18(14,15)16/h2-9H,1H3,(H,14,15,16). The van der Waals surface area contributed by atoms with Crippen molar-refractivity contribution in [3.05, 3.63) is 48.5 Å². The molecule has 0 spiro atoms. The zero-order chi connectivity index (χ0) is 13.2. The van der Waals surface area contributed by atoms with E-state index >= 15 is 0 Å². The molecule has 18 heavy (non-hydrogen) atoms. The molecular weight excluding hydrogens is 252 g/mol. The Bertz CT molecular complexity index is 645. The zero-order valence-electron chi connectivity index (χ0n) is 9.70. The Labute approximate surface area is 106 Å². The monoisotopic (exact) mass is 264 g/mol. The number of ether oxygens (including phenoxy) is 1. The summed E-state index contributed by atoms with van der Waals surface area (Å²) < 4.78 is 35.8. The first kappa shape index (κ1) is 12.6. The minimum Gasteiger partial charge on any atom is -0.497 e. The van der Waals surface area contributed by atoms with Gasteiger partial charge in [-0.05, 0) is 35.4 Å². The lowest BCUT2D eigenvalue weighted by molar-refractivity contribution is 0.415. The lowest BCUT2D eigenvalue weighted by atomic mass is 10.1.